The number of amides is 2. The van der Waals surface area contributed by atoms with Crippen molar-refractivity contribution < 1.29 is 24.2 Å². The maximum Gasteiger partial charge on any atom is 0.336 e. The van der Waals surface area contributed by atoms with Crippen molar-refractivity contribution in [2.45, 2.75) is 26.2 Å². The number of aromatic carboxylic acids is 1. The molecule has 0 radical (unpaired) electrons. The lowest BCUT2D eigenvalue weighted by molar-refractivity contribution is -0.123. The van der Waals surface area contributed by atoms with E-state index in [2.05, 4.69) is 31.6 Å². The monoisotopic (exact) mass is 370 g/mol. The zero-order valence-corrected chi connectivity index (χ0v) is 15.4. The first-order chi connectivity index (χ1) is 12.7. The lowest BCUT2D eigenvalue weighted by Crippen LogP contribution is -2.44. The minimum absolute atomic E-state index is 0.0203. The molecule has 0 fully saturated rings. The van der Waals surface area contributed by atoms with Gasteiger partial charge in [-0.25, -0.2) is 4.79 Å². The molecule has 0 atom stereocenters. The average molecular weight is 370 g/mol. The smallest absolute Gasteiger partial charge is 0.336 e. The second kappa shape index (κ2) is 8.35. The highest BCUT2D eigenvalue weighted by Gasteiger charge is 2.16. The lowest BCUT2D eigenvalue weighted by atomic mass is 9.87. The van der Waals surface area contributed by atoms with Crippen molar-refractivity contribution in [3.05, 3.63) is 65.2 Å². The standard InChI is InChI=1S/C20H22N2O5/c1-20(2,3)13-8-10-14(11-9-13)27-12-17(23)21-22-18(24)15-6-4-5-7-16(15)19(25)26/h4-11H,12H2,1-3H3,(H,21,23)(H,22,24)(H,25,26). The van der Waals surface area contributed by atoms with Gasteiger partial charge >= 0.3 is 5.97 Å². The van der Waals surface area contributed by atoms with E-state index in [9.17, 15) is 14.4 Å². The van der Waals surface area contributed by atoms with E-state index >= 15 is 0 Å². The number of rotatable bonds is 5. The Morgan fingerprint density at radius 2 is 1.52 bits per heavy atom. The maximum absolute atomic E-state index is 12.1. The Bertz CT molecular complexity index is 838. The number of hydrogen-bond donors (Lipinski definition) is 3. The Labute approximate surface area is 157 Å². The van der Waals surface area contributed by atoms with Crippen LogP contribution in [0, 0.1) is 0 Å². The lowest BCUT2D eigenvalue weighted by Gasteiger charge is -2.19. The van der Waals surface area contributed by atoms with Crippen LogP contribution in [-0.4, -0.2) is 29.5 Å². The Morgan fingerprint density at radius 3 is 2.07 bits per heavy atom. The van der Waals surface area contributed by atoms with Gasteiger partial charge in [-0.2, -0.15) is 0 Å². The van der Waals surface area contributed by atoms with Gasteiger partial charge in [0, 0.05) is 0 Å². The molecule has 2 aromatic carbocycles. The molecule has 0 heterocycles. The van der Waals surface area contributed by atoms with Crippen LogP contribution in [0.25, 0.3) is 0 Å². The molecule has 7 nitrogen and oxygen atoms in total. The molecule has 0 bridgehead atoms. The summed E-state index contributed by atoms with van der Waals surface area (Å²) in [6, 6.07) is 13.1. The molecule has 0 unspecified atom stereocenters. The number of carbonyl (C=O) groups excluding carboxylic acids is 2. The molecule has 3 N–H and O–H groups in total. The van der Waals surface area contributed by atoms with E-state index in [-0.39, 0.29) is 23.1 Å². The normalized spacial score (nSPS) is 10.8. The van der Waals surface area contributed by atoms with Gasteiger partial charge in [0.25, 0.3) is 11.8 Å². The first kappa shape index (κ1) is 20.0. The highest BCUT2D eigenvalue weighted by Crippen LogP contribution is 2.24. The summed E-state index contributed by atoms with van der Waals surface area (Å²) in [6.07, 6.45) is 0. The fourth-order valence-electron chi connectivity index (χ4n) is 2.30. The number of carbonyl (C=O) groups is 3. The average Bonchev–Trinajstić information content (AvgIpc) is 2.64. The highest BCUT2D eigenvalue weighted by molar-refractivity contribution is 6.05. The van der Waals surface area contributed by atoms with Crippen molar-refractivity contribution in [1.82, 2.24) is 10.9 Å². The summed E-state index contributed by atoms with van der Waals surface area (Å²) < 4.78 is 5.38. The van der Waals surface area contributed by atoms with Crippen LogP contribution < -0.4 is 15.6 Å². The van der Waals surface area contributed by atoms with Crippen LogP contribution >= 0.6 is 0 Å². The fraction of sp³-hybridized carbons (Fsp3) is 0.250. The van der Waals surface area contributed by atoms with Gasteiger partial charge in [-0.05, 0) is 35.2 Å². The molecule has 0 aliphatic rings. The van der Waals surface area contributed by atoms with Crippen LogP contribution in [0.15, 0.2) is 48.5 Å². The molecule has 2 rings (SSSR count). The maximum atomic E-state index is 12.1. The van der Waals surface area contributed by atoms with Crippen molar-refractivity contribution in [3.8, 4) is 5.75 Å². The minimum atomic E-state index is -1.23. The second-order valence-corrected chi connectivity index (χ2v) is 6.92. The van der Waals surface area contributed by atoms with Gasteiger partial charge in [-0.1, -0.05) is 45.0 Å². The zero-order valence-electron chi connectivity index (χ0n) is 15.4. The third kappa shape index (κ3) is 5.57. The van der Waals surface area contributed by atoms with E-state index in [1.165, 1.54) is 24.3 Å². The quantitative estimate of drug-likeness (QED) is 0.702. The summed E-state index contributed by atoms with van der Waals surface area (Å²) >= 11 is 0. The first-order valence-corrected chi connectivity index (χ1v) is 8.33. The Balaban J connectivity index is 1.86. The molecule has 2 aromatic rings. The summed E-state index contributed by atoms with van der Waals surface area (Å²) in [4.78, 5) is 35.0. The molecule has 0 saturated heterocycles. The van der Waals surface area contributed by atoms with Crippen LogP contribution in [0.3, 0.4) is 0 Å². The predicted octanol–water partition coefficient (Wildman–Crippen LogP) is 2.52. The van der Waals surface area contributed by atoms with Gasteiger partial charge in [-0.3, -0.25) is 20.4 Å². The molecule has 142 valence electrons. The van der Waals surface area contributed by atoms with Gasteiger partial charge in [0.2, 0.25) is 0 Å². The summed E-state index contributed by atoms with van der Waals surface area (Å²) in [5, 5.41) is 9.08. The van der Waals surface area contributed by atoms with E-state index in [1.807, 2.05) is 12.1 Å². The first-order valence-electron chi connectivity index (χ1n) is 8.33. The van der Waals surface area contributed by atoms with Gasteiger partial charge in [0.05, 0.1) is 11.1 Å². The summed E-state index contributed by atoms with van der Waals surface area (Å²) in [6.45, 7) is 6.00. The van der Waals surface area contributed by atoms with Gasteiger partial charge in [-0.15, -0.1) is 0 Å². The largest absolute Gasteiger partial charge is 0.484 e. The Kier molecular flexibility index (Phi) is 6.18. The molecular formula is C20H22N2O5. The molecule has 0 saturated carbocycles. The zero-order chi connectivity index (χ0) is 20.0. The molecule has 2 amide bonds. The van der Waals surface area contributed by atoms with Crippen LogP contribution in [0.1, 0.15) is 47.1 Å². The number of hydrogen-bond acceptors (Lipinski definition) is 4. The molecule has 0 aliphatic heterocycles. The SMILES string of the molecule is CC(C)(C)c1ccc(OCC(=O)NNC(=O)c2ccccc2C(=O)O)cc1. The summed E-state index contributed by atoms with van der Waals surface area (Å²) in [5.41, 5.74) is 5.33. The Hall–Kier alpha value is -3.35. The van der Waals surface area contributed by atoms with Gasteiger partial charge in [0.1, 0.15) is 5.75 Å². The molecule has 0 aliphatic carbocycles. The summed E-state index contributed by atoms with van der Waals surface area (Å²) in [5.74, 6) is -2.00. The molecular weight excluding hydrogens is 348 g/mol. The third-order valence-electron chi connectivity index (χ3n) is 3.81. The van der Waals surface area contributed by atoms with Crippen LogP contribution in [0.4, 0.5) is 0 Å². The van der Waals surface area contributed by atoms with Crippen molar-refractivity contribution >= 4 is 17.8 Å². The third-order valence-corrected chi connectivity index (χ3v) is 3.81. The van der Waals surface area contributed by atoms with E-state index in [0.29, 0.717) is 5.75 Å². The number of hydrazine groups is 1. The van der Waals surface area contributed by atoms with Crippen molar-refractivity contribution in [3.63, 3.8) is 0 Å². The molecule has 0 spiro atoms. The number of carboxylic acid groups (broad SMARTS) is 1. The van der Waals surface area contributed by atoms with Crippen molar-refractivity contribution in [1.29, 1.82) is 0 Å². The van der Waals surface area contributed by atoms with E-state index in [4.69, 9.17) is 9.84 Å². The Morgan fingerprint density at radius 1 is 0.926 bits per heavy atom. The fourth-order valence-corrected chi connectivity index (χ4v) is 2.30. The van der Waals surface area contributed by atoms with Crippen molar-refractivity contribution in [2.24, 2.45) is 0 Å². The van der Waals surface area contributed by atoms with E-state index in [1.54, 1.807) is 12.1 Å². The number of nitrogens with one attached hydrogen (secondary N) is 2. The number of ether oxygens (including phenoxy) is 1. The molecule has 27 heavy (non-hydrogen) atoms. The van der Waals surface area contributed by atoms with Gasteiger partial charge in [0.15, 0.2) is 6.61 Å². The van der Waals surface area contributed by atoms with E-state index in [0.717, 1.165) is 5.56 Å². The van der Waals surface area contributed by atoms with Gasteiger partial charge < -0.3 is 9.84 Å². The minimum Gasteiger partial charge on any atom is -0.484 e. The molecule has 7 heteroatoms. The topological polar surface area (TPSA) is 105 Å². The van der Waals surface area contributed by atoms with Crippen molar-refractivity contribution in [2.75, 3.05) is 6.61 Å². The van der Waals surface area contributed by atoms with Crippen LogP contribution in [0.2, 0.25) is 0 Å². The van der Waals surface area contributed by atoms with E-state index < -0.39 is 17.8 Å². The molecule has 0 aromatic heterocycles. The highest BCUT2D eigenvalue weighted by atomic mass is 16.5. The second-order valence-electron chi connectivity index (χ2n) is 6.92. The number of carboxylic acids is 1. The predicted molar refractivity (Wildman–Crippen MR) is 99.6 cm³/mol. The summed E-state index contributed by atoms with van der Waals surface area (Å²) in [7, 11) is 0. The van der Waals surface area contributed by atoms with Crippen LogP contribution in [0.5, 0.6) is 5.75 Å². The number of benzene rings is 2. The van der Waals surface area contributed by atoms with Crippen LogP contribution in [-0.2, 0) is 10.2 Å².